The second-order valence-corrected chi connectivity index (χ2v) is 5.32. The van der Waals surface area contributed by atoms with E-state index in [0.717, 1.165) is 19.4 Å². The number of rotatable bonds is 7. The Morgan fingerprint density at radius 1 is 1.35 bits per heavy atom. The van der Waals surface area contributed by atoms with Gasteiger partial charge in [0.1, 0.15) is 5.41 Å². The van der Waals surface area contributed by atoms with Crippen LogP contribution < -0.4 is 0 Å². The molecule has 0 heterocycles. The van der Waals surface area contributed by atoms with Gasteiger partial charge in [-0.3, -0.25) is 4.79 Å². The van der Waals surface area contributed by atoms with Crippen LogP contribution in [0.4, 0.5) is 0 Å². The lowest BCUT2D eigenvalue weighted by Gasteiger charge is -2.30. The highest BCUT2D eigenvalue weighted by atomic mass is 16.2. The number of nitriles is 1. The Morgan fingerprint density at radius 2 is 1.88 bits per heavy atom. The second kappa shape index (κ2) is 6.05. The highest BCUT2D eigenvalue weighted by molar-refractivity contribution is 5.85. The number of hydrogen-bond donors (Lipinski definition) is 0. The molecule has 17 heavy (non-hydrogen) atoms. The molecule has 0 radical (unpaired) electrons. The van der Waals surface area contributed by atoms with Crippen LogP contribution in [-0.4, -0.2) is 24.4 Å². The average molecular weight is 236 g/mol. The number of nitrogens with zero attached hydrogens (tertiary/aromatic N) is 2. The normalized spacial score (nSPS) is 15.4. The Balaban J connectivity index is 2.72. The van der Waals surface area contributed by atoms with E-state index in [-0.39, 0.29) is 5.91 Å². The fourth-order valence-corrected chi connectivity index (χ4v) is 2.49. The second-order valence-electron chi connectivity index (χ2n) is 5.32. The molecule has 0 aromatic heterocycles. The standard InChI is InChI=1S/C14H24N2O/c1-4-8-14(11-15,9-5-2)13(17)16(3)10-12-6-7-12/h12H,4-10H2,1-3H3. The Kier molecular flexibility index (Phi) is 4.99. The highest BCUT2D eigenvalue weighted by Gasteiger charge is 2.40. The average Bonchev–Trinajstić information content (AvgIpc) is 3.11. The van der Waals surface area contributed by atoms with Gasteiger partial charge in [-0.2, -0.15) is 5.26 Å². The summed E-state index contributed by atoms with van der Waals surface area (Å²) in [5.74, 6) is 0.721. The molecule has 1 saturated carbocycles. The summed E-state index contributed by atoms with van der Waals surface area (Å²) >= 11 is 0. The summed E-state index contributed by atoms with van der Waals surface area (Å²) in [7, 11) is 1.85. The van der Waals surface area contributed by atoms with Crippen LogP contribution in [0.3, 0.4) is 0 Å². The maximum absolute atomic E-state index is 12.4. The van der Waals surface area contributed by atoms with Crippen LogP contribution in [0.25, 0.3) is 0 Å². The molecule has 96 valence electrons. The first kappa shape index (κ1) is 14.0. The van der Waals surface area contributed by atoms with Crippen molar-refractivity contribution in [3.63, 3.8) is 0 Å². The minimum Gasteiger partial charge on any atom is -0.344 e. The summed E-state index contributed by atoms with van der Waals surface area (Å²) in [6.45, 7) is 4.90. The molecule has 3 heteroatoms. The van der Waals surface area contributed by atoms with Crippen molar-refractivity contribution in [3.05, 3.63) is 0 Å². The van der Waals surface area contributed by atoms with Crippen molar-refractivity contribution in [2.45, 2.75) is 52.4 Å². The number of hydrogen-bond acceptors (Lipinski definition) is 2. The minimum atomic E-state index is -0.771. The zero-order valence-electron chi connectivity index (χ0n) is 11.3. The summed E-state index contributed by atoms with van der Waals surface area (Å²) in [6.07, 6.45) is 5.61. The van der Waals surface area contributed by atoms with Crippen LogP contribution in [-0.2, 0) is 4.79 Å². The van der Waals surface area contributed by atoms with Gasteiger partial charge in [0.05, 0.1) is 6.07 Å². The highest BCUT2D eigenvalue weighted by Crippen LogP contribution is 2.34. The van der Waals surface area contributed by atoms with E-state index in [1.165, 1.54) is 12.8 Å². The van der Waals surface area contributed by atoms with Gasteiger partial charge < -0.3 is 4.90 Å². The summed E-state index contributed by atoms with van der Waals surface area (Å²) < 4.78 is 0. The van der Waals surface area contributed by atoms with Crippen LogP contribution in [0, 0.1) is 22.7 Å². The maximum atomic E-state index is 12.4. The predicted molar refractivity (Wildman–Crippen MR) is 68.2 cm³/mol. The fourth-order valence-electron chi connectivity index (χ4n) is 2.49. The van der Waals surface area contributed by atoms with E-state index in [9.17, 15) is 10.1 Å². The molecular weight excluding hydrogens is 212 g/mol. The molecule has 0 N–H and O–H groups in total. The molecule has 0 unspecified atom stereocenters. The third-order valence-electron chi connectivity index (χ3n) is 3.55. The number of carbonyl (C=O) groups is 1. The quantitative estimate of drug-likeness (QED) is 0.682. The summed E-state index contributed by atoms with van der Waals surface area (Å²) in [5.41, 5.74) is -0.771. The van der Waals surface area contributed by atoms with Gasteiger partial charge in [-0.05, 0) is 31.6 Å². The molecule has 0 aliphatic heterocycles. The molecular formula is C14H24N2O. The molecule has 1 aliphatic rings. The van der Waals surface area contributed by atoms with E-state index >= 15 is 0 Å². The first-order chi connectivity index (χ1) is 8.09. The lowest BCUT2D eigenvalue weighted by atomic mass is 9.79. The van der Waals surface area contributed by atoms with Crippen molar-refractivity contribution in [1.82, 2.24) is 4.90 Å². The number of amides is 1. The van der Waals surface area contributed by atoms with Gasteiger partial charge in [-0.15, -0.1) is 0 Å². The van der Waals surface area contributed by atoms with Gasteiger partial charge in [-0.1, -0.05) is 26.7 Å². The van der Waals surface area contributed by atoms with E-state index in [4.69, 9.17) is 0 Å². The van der Waals surface area contributed by atoms with Crippen molar-refractivity contribution in [1.29, 1.82) is 5.26 Å². The molecule has 3 nitrogen and oxygen atoms in total. The Bertz CT molecular complexity index is 296. The maximum Gasteiger partial charge on any atom is 0.242 e. The van der Waals surface area contributed by atoms with Crippen LogP contribution in [0.2, 0.25) is 0 Å². The fraction of sp³-hybridized carbons (Fsp3) is 0.857. The van der Waals surface area contributed by atoms with Crippen molar-refractivity contribution < 1.29 is 4.79 Å². The molecule has 1 rings (SSSR count). The molecule has 0 spiro atoms. The molecule has 0 aromatic rings. The third-order valence-corrected chi connectivity index (χ3v) is 3.55. The Hall–Kier alpha value is -1.04. The van der Waals surface area contributed by atoms with Crippen molar-refractivity contribution >= 4 is 5.91 Å². The topological polar surface area (TPSA) is 44.1 Å². The van der Waals surface area contributed by atoms with Crippen LogP contribution in [0.1, 0.15) is 52.4 Å². The van der Waals surface area contributed by atoms with Gasteiger partial charge >= 0.3 is 0 Å². The summed E-state index contributed by atoms with van der Waals surface area (Å²) in [4.78, 5) is 14.2. The first-order valence-electron chi connectivity index (χ1n) is 6.76. The molecule has 1 fully saturated rings. The third kappa shape index (κ3) is 3.46. The first-order valence-corrected chi connectivity index (χ1v) is 6.76. The van der Waals surface area contributed by atoms with Gasteiger partial charge in [0.25, 0.3) is 0 Å². The minimum absolute atomic E-state index is 0.0376. The molecule has 0 saturated heterocycles. The Morgan fingerprint density at radius 3 is 2.24 bits per heavy atom. The van der Waals surface area contributed by atoms with E-state index in [2.05, 4.69) is 6.07 Å². The van der Waals surface area contributed by atoms with Gasteiger partial charge in [0, 0.05) is 13.6 Å². The van der Waals surface area contributed by atoms with Crippen LogP contribution >= 0.6 is 0 Å². The smallest absolute Gasteiger partial charge is 0.242 e. The Labute approximate surface area is 105 Å². The van der Waals surface area contributed by atoms with Gasteiger partial charge in [0.2, 0.25) is 5.91 Å². The van der Waals surface area contributed by atoms with E-state index in [1.807, 2.05) is 20.9 Å². The van der Waals surface area contributed by atoms with Crippen LogP contribution in [0.15, 0.2) is 0 Å². The van der Waals surface area contributed by atoms with E-state index in [1.54, 1.807) is 4.90 Å². The molecule has 1 aliphatic carbocycles. The summed E-state index contributed by atoms with van der Waals surface area (Å²) in [5, 5.41) is 9.41. The van der Waals surface area contributed by atoms with Crippen molar-refractivity contribution in [2.24, 2.45) is 11.3 Å². The number of carbonyl (C=O) groups excluding carboxylic acids is 1. The molecule has 1 amide bonds. The van der Waals surface area contributed by atoms with E-state index in [0.29, 0.717) is 18.8 Å². The molecule has 0 atom stereocenters. The lowest BCUT2D eigenvalue weighted by Crippen LogP contribution is -2.42. The van der Waals surface area contributed by atoms with Crippen molar-refractivity contribution in [3.8, 4) is 6.07 Å². The van der Waals surface area contributed by atoms with Crippen LogP contribution in [0.5, 0.6) is 0 Å². The van der Waals surface area contributed by atoms with Crippen molar-refractivity contribution in [2.75, 3.05) is 13.6 Å². The zero-order valence-corrected chi connectivity index (χ0v) is 11.3. The SMILES string of the molecule is CCCC(C#N)(CCC)C(=O)N(C)CC1CC1. The largest absolute Gasteiger partial charge is 0.344 e. The molecule has 0 bridgehead atoms. The van der Waals surface area contributed by atoms with E-state index < -0.39 is 5.41 Å². The predicted octanol–water partition coefficient (Wildman–Crippen LogP) is 2.96. The summed E-state index contributed by atoms with van der Waals surface area (Å²) in [6, 6.07) is 2.30. The monoisotopic (exact) mass is 236 g/mol. The lowest BCUT2D eigenvalue weighted by molar-refractivity contribution is -0.138. The van der Waals surface area contributed by atoms with Gasteiger partial charge in [0.15, 0.2) is 0 Å². The zero-order chi connectivity index (χ0) is 12.9. The van der Waals surface area contributed by atoms with Gasteiger partial charge in [-0.25, -0.2) is 0 Å². The molecule has 0 aromatic carbocycles.